The molecule has 5 nitrogen and oxygen atoms in total. The summed E-state index contributed by atoms with van der Waals surface area (Å²) in [6, 6.07) is 2.65. The number of rotatable bonds is 2. The van der Waals surface area contributed by atoms with Gasteiger partial charge in [0.15, 0.2) is 5.82 Å². The Hall–Kier alpha value is -1.75. The standard InChI is InChI=1S/C14H19N5/c1-10-3-4-11(7-15-10)8-16-13-12-5-6-19(2)14(12)18-9-17-13/h5-6,8-11,15H,3-4,7H2,1-2H3/b16-8-/t10-,11?/m0/s1. The minimum atomic E-state index is 0.505. The number of nitrogens with one attached hydrogen (secondary N) is 1. The smallest absolute Gasteiger partial charge is 0.164 e. The molecule has 2 aromatic rings. The molecule has 0 spiro atoms. The van der Waals surface area contributed by atoms with Crippen LogP contribution in [0.15, 0.2) is 23.6 Å². The van der Waals surface area contributed by atoms with Crippen molar-refractivity contribution in [3.8, 4) is 0 Å². The van der Waals surface area contributed by atoms with E-state index in [0.29, 0.717) is 12.0 Å². The van der Waals surface area contributed by atoms with E-state index in [1.54, 1.807) is 6.33 Å². The molecule has 3 heterocycles. The SMILES string of the molecule is C[C@H]1CCC(/C=N\c2ncnc3c2ccn3C)CN1. The number of piperidine rings is 1. The topological polar surface area (TPSA) is 55.1 Å². The highest BCUT2D eigenvalue weighted by Crippen LogP contribution is 2.22. The summed E-state index contributed by atoms with van der Waals surface area (Å²) in [5, 5.41) is 4.49. The van der Waals surface area contributed by atoms with Gasteiger partial charge in [0.1, 0.15) is 12.0 Å². The third kappa shape index (κ3) is 2.51. The van der Waals surface area contributed by atoms with E-state index < -0.39 is 0 Å². The van der Waals surface area contributed by atoms with Crippen LogP contribution in [0.5, 0.6) is 0 Å². The molecule has 19 heavy (non-hydrogen) atoms. The summed E-state index contributed by atoms with van der Waals surface area (Å²) >= 11 is 0. The van der Waals surface area contributed by atoms with Crippen LogP contribution in [0.25, 0.3) is 11.0 Å². The normalized spacial score (nSPS) is 24.3. The van der Waals surface area contributed by atoms with Crippen molar-refractivity contribution in [2.45, 2.75) is 25.8 Å². The molecule has 100 valence electrons. The average molecular weight is 257 g/mol. The van der Waals surface area contributed by atoms with Gasteiger partial charge in [0.25, 0.3) is 0 Å². The zero-order valence-corrected chi connectivity index (χ0v) is 11.4. The minimum absolute atomic E-state index is 0.505. The zero-order chi connectivity index (χ0) is 13.2. The van der Waals surface area contributed by atoms with Crippen LogP contribution in [-0.2, 0) is 7.05 Å². The first-order valence-corrected chi connectivity index (χ1v) is 6.77. The quantitative estimate of drug-likeness (QED) is 0.838. The van der Waals surface area contributed by atoms with E-state index in [-0.39, 0.29) is 0 Å². The lowest BCUT2D eigenvalue weighted by Gasteiger charge is -2.24. The summed E-state index contributed by atoms with van der Waals surface area (Å²) in [6.45, 7) is 3.24. The molecule has 0 amide bonds. The fraction of sp³-hybridized carbons (Fsp3) is 0.500. The van der Waals surface area contributed by atoms with E-state index in [2.05, 4.69) is 27.2 Å². The molecule has 1 fully saturated rings. The maximum atomic E-state index is 4.57. The number of aryl methyl sites for hydroxylation is 1. The fourth-order valence-corrected chi connectivity index (χ4v) is 2.49. The van der Waals surface area contributed by atoms with Gasteiger partial charge in [0, 0.05) is 38.0 Å². The van der Waals surface area contributed by atoms with Crippen molar-refractivity contribution in [1.82, 2.24) is 19.9 Å². The van der Waals surface area contributed by atoms with Crippen molar-refractivity contribution in [3.05, 3.63) is 18.6 Å². The summed E-state index contributed by atoms with van der Waals surface area (Å²) in [6.07, 6.45) is 8.01. The van der Waals surface area contributed by atoms with Crippen molar-refractivity contribution >= 4 is 23.1 Å². The summed E-state index contributed by atoms with van der Waals surface area (Å²) < 4.78 is 1.99. The van der Waals surface area contributed by atoms with Crippen LogP contribution in [0.1, 0.15) is 19.8 Å². The first-order chi connectivity index (χ1) is 9.24. The Morgan fingerprint density at radius 2 is 2.32 bits per heavy atom. The van der Waals surface area contributed by atoms with Crippen LogP contribution in [0.3, 0.4) is 0 Å². The second-order valence-corrected chi connectivity index (χ2v) is 5.29. The van der Waals surface area contributed by atoms with E-state index in [1.807, 2.05) is 30.1 Å². The molecule has 1 saturated heterocycles. The third-order valence-electron chi connectivity index (χ3n) is 3.75. The molecule has 0 aromatic carbocycles. The van der Waals surface area contributed by atoms with Crippen LogP contribution >= 0.6 is 0 Å². The first kappa shape index (κ1) is 12.3. The van der Waals surface area contributed by atoms with Crippen molar-refractivity contribution < 1.29 is 0 Å². The Morgan fingerprint density at radius 3 is 3.11 bits per heavy atom. The van der Waals surface area contributed by atoms with Gasteiger partial charge < -0.3 is 9.88 Å². The lowest BCUT2D eigenvalue weighted by molar-refractivity contribution is 0.385. The van der Waals surface area contributed by atoms with Crippen LogP contribution < -0.4 is 5.32 Å². The monoisotopic (exact) mass is 257 g/mol. The molecule has 1 N–H and O–H groups in total. The molecule has 5 heteroatoms. The van der Waals surface area contributed by atoms with Crippen LogP contribution in [-0.4, -0.2) is 33.3 Å². The van der Waals surface area contributed by atoms with Gasteiger partial charge in [0.05, 0.1) is 5.39 Å². The average Bonchev–Trinajstić information content (AvgIpc) is 2.81. The van der Waals surface area contributed by atoms with E-state index in [4.69, 9.17) is 0 Å². The van der Waals surface area contributed by atoms with Crippen molar-refractivity contribution in [1.29, 1.82) is 0 Å². The molecule has 0 aliphatic carbocycles. The van der Waals surface area contributed by atoms with Crippen LogP contribution in [0.4, 0.5) is 5.82 Å². The highest BCUT2D eigenvalue weighted by molar-refractivity contribution is 5.87. The fourth-order valence-electron chi connectivity index (χ4n) is 2.49. The van der Waals surface area contributed by atoms with Crippen molar-refractivity contribution in [2.75, 3.05) is 6.54 Å². The lowest BCUT2D eigenvalue weighted by Crippen LogP contribution is -2.37. The van der Waals surface area contributed by atoms with Crippen molar-refractivity contribution in [2.24, 2.45) is 18.0 Å². The van der Waals surface area contributed by atoms with E-state index >= 15 is 0 Å². The number of nitrogens with zero attached hydrogens (tertiary/aromatic N) is 4. The molecular formula is C14H19N5. The first-order valence-electron chi connectivity index (χ1n) is 6.77. The summed E-state index contributed by atoms with van der Waals surface area (Å²) in [5.74, 6) is 1.27. The van der Waals surface area contributed by atoms with Gasteiger partial charge in [0.2, 0.25) is 0 Å². The maximum Gasteiger partial charge on any atom is 0.164 e. The Morgan fingerprint density at radius 1 is 1.42 bits per heavy atom. The Kier molecular flexibility index (Phi) is 3.29. The van der Waals surface area contributed by atoms with Gasteiger partial charge in [-0.1, -0.05) is 0 Å². The van der Waals surface area contributed by atoms with Gasteiger partial charge in [-0.2, -0.15) is 0 Å². The molecule has 0 saturated carbocycles. The third-order valence-corrected chi connectivity index (χ3v) is 3.75. The summed E-state index contributed by atoms with van der Waals surface area (Å²) in [4.78, 5) is 13.1. The molecule has 1 unspecified atom stereocenters. The zero-order valence-electron chi connectivity index (χ0n) is 11.4. The van der Waals surface area contributed by atoms with Crippen molar-refractivity contribution in [3.63, 3.8) is 0 Å². The van der Waals surface area contributed by atoms with Gasteiger partial charge in [-0.25, -0.2) is 15.0 Å². The molecule has 0 bridgehead atoms. The van der Waals surface area contributed by atoms with Gasteiger partial charge in [-0.3, -0.25) is 0 Å². The molecule has 3 rings (SSSR count). The Bertz CT molecular complexity index is 593. The number of aromatic nitrogens is 3. The molecule has 0 radical (unpaired) electrons. The van der Waals surface area contributed by atoms with E-state index in [9.17, 15) is 0 Å². The minimum Gasteiger partial charge on any atom is -0.335 e. The van der Waals surface area contributed by atoms with Gasteiger partial charge in [-0.05, 0) is 25.8 Å². The lowest BCUT2D eigenvalue weighted by atomic mass is 9.97. The summed E-state index contributed by atoms with van der Waals surface area (Å²) in [5.41, 5.74) is 0.928. The van der Waals surface area contributed by atoms with E-state index in [1.165, 1.54) is 12.8 Å². The Balaban J connectivity index is 1.81. The Labute approximate surface area is 112 Å². The molecule has 2 atom stereocenters. The number of fused-ring (bicyclic) bond motifs is 1. The van der Waals surface area contributed by atoms with Crippen LogP contribution in [0, 0.1) is 5.92 Å². The summed E-state index contributed by atoms with van der Waals surface area (Å²) in [7, 11) is 1.98. The molecular weight excluding hydrogens is 238 g/mol. The predicted molar refractivity (Wildman–Crippen MR) is 76.8 cm³/mol. The van der Waals surface area contributed by atoms with Gasteiger partial charge >= 0.3 is 0 Å². The largest absolute Gasteiger partial charge is 0.335 e. The number of hydrogen-bond donors (Lipinski definition) is 1. The van der Waals surface area contributed by atoms with E-state index in [0.717, 1.165) is 23.4 Å². The van der Waals surface area contributed by atoms with Gasteiger partial charge in [-0.15, -0.1) is 0 Å². The highest BCUT2D eigenvalue weighted by Gasteiger charge is 2.15. The molecule has 2 aromatic heterocycles. The second kappa shape index (κ2) is 5.09. The molecule has 1 aliphatic rings. The highest BCUT2D eigenvalue weighted by atomic mass is 15.0. The maximum absolute atomic E-state index is 4.57. The molecule has 1 aliphatic heterocycles. The van der Waals surface area contributed by atoms with Crippen LogP contribution in [0.2, 0.25) is 0 Å². The number of hydrogen-bond acceptors (Lipinski definition) is 4. The predicted octanol–water partition coefficient (Wildman–Crippen LogP) is 2.06. The number of aliphatic imine (C=N–C) groups is 1. The second-order valence-electron chi connectivity index (χ2n) is 5.29.